The van der Waals surface area contributed by atoms with Crippen molar-refractivity contribution in [3.8, 4) is 22.8 Å². The summed E-state index contributed by atoms with van der Waals surface area (Å²) < 4.78 is 10.8. The fourth-order valence-corrected chi connectivity index (χ4v) is 3.97. The average molecular weight is 434 g/mol. The van der Waals surface area contributed by atoms with Crippen LogP contribution in [0.5, 0.6) is 11.5 Å². The molecule has 1 N–H and O–H groups in total. The van der Waals surface area contributed by atoms with Crippen LogP contribution in [0.15, 0.2) is 91.0 Å². The fraction of sp³-hybridized carbons (Fsp3) is 0.0714. The number of pyridine rings is 1. The minimum Gasteiger partial charge on any atom is -0.493 e. The Kier molecular flexibility index (Phi) is 5.37. The summed E-state index contributed by atoms with van der Waals surface area (Å²) in [6.07, 6.45) is 0. The van der Waals surface area contributed by atoms with Gasteiger partial charge in [0.1, 0.15) is 0 Å². The molecule has 0 spiro atoms. The third-order valence-electron chi connectivity index (χ3n) is 5.65. The number of fused-ring (bicyclic) bond motifs is 2. The quantitative estimate of drug-likeness (QED) is 0.351. The molecule has 0 atom stereocenters. The van der Waals surface area contributed by atoms with Crippen molar-refractivity contribution in [2.75, 3.05) is 19.5 Å². The minimum atomic E-state index is -0.189. The van der Waals surface area contributed by atoms with Crippen LogP contribution in [0.25, 0.3) is 32.9 Å². The number of carbonyl (C=O) groups is 1. The van der Waals surface area contributed by atoms with Crippen LogP contribution in [0.4, 0.5) is 5.69 Å². The highest BCUT2D eigenvalue weighted by Crippen LogP contribution is 2.33. The van der Waals surface area contributed by atoms with E-state index in [0.717, 1.165) is 32.9 Å². The highest BCUT2D eigenvalue weighted by atomic mass is 16.5. The molecule has 5 heteroatoms. The topological polar surface area (TPSA) is 60.5 Å². The van der Waals surface area contributed by atoms with Crippen LogP contribution in [0.3, 0.4) is 0 Å². The van der Waals surface area contributed by atoms with Crippen LogP contribution < -0.4 is 14.8 Å². The Balaban J connectivity index is 1.57. The van der Waals surface area contributed by atoms with E-state index in [1.807, 2.05) is 91.0 Å². The van der Waals surface area contributed by atoms with Crippen molar-refractivity contribution in [1.82, 2.24) is 4.98 Å². The maximum absolute atomic E-state index is 13.4. The van der Waals surface area contributed by atoms with E-state index in [2.05, 4.69) is 5.32 Å². The van der Waals surface area contributed by atoms with Crippen LogP contribution in [-0.4, -0.2) is 25.1 Å². The number of hydrogen-bond acceptors (Lipinski definition) is 4. The fourth-order valence-electron chi connectivity index (χ4n) is 3.97. The maximum Gasteiger partial charge on any atom is 0.256 e. The Labute approximate surface area is 191 Å². The van der Waals surface area contributed by atoms with E-state index in [1.165, 1.54) is 0 Å². The van der Waals surface area contributed by atoms with E-state index < -0.39 is 0 Å². The lowest BCUT2D eigenvalue weighted by Gasteiger charge is -2.13. The van der Waals surface area contributed by atoms with Crippen molar-refractivity contribution >= 4 is 33.3 Å². The van der Waals surface area contributed by atoms with Crippen molar-refractivity contribution in [1.29, 1.82) is 0 Å². The first kappa shape index (κ1) is 20.5. The molecular formula is C28H22N2O3. The molecule has 0 aliphatic carbocycles. The third-order valence-corrected chi connectivity index (χ3v) is 5.65. The standard InChI is InChI=1S/C28H22N2O3/c1-32-26-14-12-20(16-27(26)33-2)25-17-23(22-9-5-6-10-24(22)30-25)28(31)29-21-13-11-18-7-3-4-8-19(18)15-21/h3-17H,1-2H3,(H,29,31). The molecule has 1 heterocycles. The highest BCUT2D eigenvalue weighted by molar-refractivity contribution is 6.13. The van der Waals surface area contributed by atoms with Gasteiger partial charge in [0.05, 0.1) is 31.0 Å². The number of aromatic nitrogens is 1. The molecule has 0 aliphatic heterocycles. The largest absolute Gasteiger partial charge is 0.493 e. The summed E-state index contributed by atoms with van der Waals surface area (Å²) in [4.78, 5) is 18.2. The SMILES string of the molecule is COc1ccc(-c2cc(C(=O)Nc3ccc4ccccc4c3)c3ccccc3n2)cc1OC. The molecule has 0 saturated heterocycles. The predicted octanol–water partition coefficient (Wildman–Crippen LogP) is 6.32. The molecule has 0 unspecified atom stereocenters. The molecule has 1 amide bonds. The van der Waals surface area contributed by atoms with Gasteiger partial charge < -0.3 is 14.8 Å². The van der Waals surface area contributed by atoms with Gasteiger partial charge in [0.2, 0.25) is 0 Å². The van der Waals surface area contributed by atoms with Crippen molar-refractivity contribution in [3.63, 3.8) is 0 Å². The van der Waals surface area contributed by atoms with E-state index in [-0.39, 0.29) is 5.91 Å². The second kappa shape index (κ2) is 8.63. The highest BCUT2D eigenvalue weighted by Gasteiger charge is 2.16. The summed E-state index contributed by atoms with van der Waals surface area (Å²) in [6.45, 7) is 0. The van der Waals surface area contributed by atoms with E-state index in [9.17, 15) is 4.79 Å². The zero-order valence-electron chi connectivity index (χ0n) is 18.3. The van der Waals surface area contributed by atoms with Crippen molar-refractivity contribution in [2.45, 2.75) is 0 Å². The van der Waals surface area contributed by atoms with Crippen molar-refractivity contribution in [2.24, 2.45) is 0 Å². The Morgan fingerprint density at radius 3 is 2.33 bits per heavy atom. The number of methoxy groups -OCH3 is 2. The molecule has 0 saturated carbocycles. The van der Waals surface area contributed by atoms with Gasteiger partial charge in [-0.1, -0.05) is 48.5 Å². The zero-order valence-corrected chi connectivity index (χ0v) is 18.3. The first-order valence-electron chi connectivity index (χ1n) is 10.6. The monoisotopic (exact) mass is 434 g/mol. The molecule has 4 aromatic carbocycles. The van der Waals surface area contributed by atoms with Crippen LogP contribution in [0, 0.1) is 0 Å². The van der Waals surface area contributed by atoms with Crippen LogP contribution >= 0.6 is 0 Å². The molecule has 5 rings (SSSR count). The second-order valence-electron chi connectivity index (χ2n) is 7.66. The summed E-state index contributed by atoms with van der Waals surface area (Å²) in [5, 5.41) is 6.04. The maximum atomic E-state index is 13.4. The molecule has 5 aromatic rings. The van der Waals surface area contributed by atoms with Gasteiger partial charge in [-0.15, -0.1) is 0 Å². The normalized spacial score (nSPS) is 10.8. The van der Waals surface area contributed by atoms with Gasteiger partial charge in [-0.2, -0.15) is 0 Å². The van der Waals surface area contributed by atoms with Gasteiger partial charge >= 0.3 is 0 Å². The molecule has 0 aliphatic rings. The van der Waals surface area contributed by atoms with Crippen molar-refractivity contribution < 1.29 is 14.3 Å². The molecule has 5 nitrogen and oxygen atoms in total. The summed E-state index contributed by atoms with van der Waals surface area (Å²) in [6, 6.07) is 29.0. The van der Waals surface area contributed by atoms with E-state index in [0.29, 0.717) is 22.8 Å². The molecule has 1 aromatic heterocycles. The Morgan fingerprint density at radius 2 is 1.52 bits per heavy atom. The van der Waals surface area contributed by atoms with Gasteiger partial charge in [0.15, 0.2) is 11.5 Å². The lowest BCUT2D eigenvalue weighted by atomic mass is 10.0. The van der Waals surface area contributed by atoms with Crippen LogP contribution in [0.2, 0.25) is 0 Å². The number of hydrogen-bond donors (Lipinski definition) is 1. The van der Waals surface area contributed by atoms with Gasteiger partial charge in [-0.3, -0.25) is 4.79 Å². The number of benzene rings is 4. The van der Waals surface area contributed by atoms with Crippen LogP contribution in [-0.2, 0) is 0 Å². The molecule has 0 bridgehead atoms. The van der Waals surface area contributed by atoms with Crippen molar-refractivity contribution in [3.05, 3.63) is 96.6 Å². The molecular weight excluding hydrogens is 412 g/mol. The Morgan fingerprint density at radius 1 is 0.758 bits per heavy atom. The summed E-state index contributed by atoms with van der Waals surface area (Å²) in [5.41, 5.74) is 3.55. The lowest BCUT2D eigenvalue weighted by Crippen LogP contribution is -2.13. The number of nitrogens with zero attached hydrogens (tertiary/aromatic N) is 1. The number of amides is 1. The molecule has 0 radical (unpaired) electrons. The van der Waals surface area contributed by atoms with E-state index in [4.69, 9.17) is 14.5 Å². The van der Waals surface area contributed by atoms with Gasteiger partial charge in [0.25, 0.3) is 5.91 Å². The number of carbonyl (C=O) groups excluding carboxylic acids is 1. The summed E-state index contributed by atoms with van der Waals surface area (Å²) in [7, 11) is 3.19. The van der Waals surface area contributed by atoms with E-state index in [1.54, 1.807) is 14.2 Å². The smallest absolute Gasteiger partial charge is 0.256 e. The van der Waals surface area contributed by atoms with E-state index >= 15 is 0 Å². The minimum absolute atomic E-state index is 0.189. The number of rotatable bonds is 5. The predicted molar refractivity (Wildman–Crippen MR) is 132 cm³/mol. The number of nitrogens with one attached hydrogen (secondary N) is 1. The Bertz CT molecular complexity index is 1490. The second-order valence-corrected chi connectivity index (χ2v) is 7.66. The first-order chi connectivity index (χ1) is 16.2. The first-order valence-corrected chi connectivity index (χ1v) is 10.6. The zero-order chi connectivity index (χ0) is 22.8. The third kappa shape index (κ3) is 3.96. The lowest BCUT2D eigenvalue weighted by molar-refractivity contribution is 0.102. The number of para-hydroxylation sites is 1. The number of anilines is 1. The molecule has 162 valence electrons. The van der Waals surface area contributed by atoms with Gasteiger partial charge in [0, 0.05) is 16.6 Å². The summed E-state index contributed by atoms with van der Waals surface area (Å²) >= 11 is 0. The molecule has 0 fully saturated rings. The Hall–Kier alpha value is -4.38. The number of ether oxygens (including phenoxy) is 2. The average Bonchev–Trinajstić information content (AvgIpc) is 2.87. The van der Waals surface area contributed by atoms with Gasteiger partial charge in [-0.25, -0.2) is 4.98 Å². The molecule has 33 heavy (non-hydrogen) atoms. The summed E-state index contributed by atoms with van der Waals surface area (Å²) in [5.74, 6) is 1.05. The van der Waals surface area contributed by atoms with Crippen LogP contribution in [0.1, 0.15) is 10.4 Å². The van der Waals surface area contributed by atoms with Gasteiger partial charge in [-0.05, 0) is 53.2 Å².